The van der Waals surface area contributed by atoms with Crippen molar-refractivity contribution in [2.45, 2.75) is 57.1 Å². The van der Waals surface area contributed by atoms with Crippen molar-refractivity contribution in [2.75, 3.05) is 0 Å². The average molecular weight is 316 g/mol. The molecular weight excluding hydrogens is 296 g/mol. The van der Waals surface area contributed by atoms with E-state index in [0.29, 0.717) is 29.0 Å². The second kappa shape index (κ2) is 5.72. The minimum Gasteiger partial charge on any atom is -0.485 e. The van der Waals surface area contributed by atoms with E-state index < -0.39 is 0 Å². The van der Waals surface area contributed by atoms with Crippen LogP contribution < -0.4 is 10.1 Å². The highest BCUT2D eigenvalue weighted by atomic mass is 16.5. The molecule has 2 saturated carbocycles. The van der Waals surface area contributed by atoms with Crippen LogP contribution in [0, 0.1) is 6.92 Å². The molecule has 0 bridgehead atoms. The molecule has 2 atom stereocenters. The maximum absolute atomic E-state index is 12.5. The molecule has 2 N–H and O–H groups in total. The third kappa shape index (κ3) is 2.95. The van der Waals surface area contributed by atoms with E-state index in [4.69, 9.17) is 9.15 Å². The summed E-state index contributed by atoms with van der Waals surface area (Å²) in [5.74, 6) is 2.22. The number of hydrogen-bond donors (Lipinski definition) is 2. The number of aryl methyl sites for hydroxylation is 1. The van der Waals surface area contributed by atoms with Gasteiger partial charge in [0.15, 0.2) is 17.3 Å². The van der Waals surface area contributed by atoms with Crippen LogP contribution in [0.3, 0.4) is 0 Å². The van der Waals surface area contributed by atoms with Crippen LogP contribution in [0.15, 0.2) is 16.8 Å². The summed E-state index contributed by atoms with van der Waals surface area (Å²) >= 11 is 0. The van der Waals surface area contributed by atoms with Crippen LogP contribution in [0.4, 0.5) is 0 Å². The Labute approximate surface area is 133 Å². The molecule has 1 amide bonds. The lowest BCUT2D eigenvalue weighted by atomic mass is 10.2. The summed E-state index contributed by atoms with van der Waals surface area (Å²) < 4.78 is 11.5. The number of carbonyl (C=O) groups is 1. The Balaban J connectivity index is 1.43. The molecule has 0 saturated heterocycles. The lowest BCUT2D eigenvalue weighted by Gasteiger charge is -2.21. The first-order valence-corrected chi connectivity index (χ1v) is 8.14. The Kier molecular flexibility index (Phi) is 3.55. The summed E-state index contributed by atoms with van der Waals surface area (Å²) in [7, 11) is 0. The molecule has 2 aliphatic rings. The molecule has 2 aromatic rings. The van der Waals surface area contributed by atoms with Crippen LogP contribution in [-0.4, -0.2) is 33.2 Å². The zero-order chi connectivity index (χ0) is 15.8. The summed E-state index contributed by atoms with van der Waals surface area (Å²) in [5.41, 5.74) is 0.404. The van der Waals surface area contributed by atoms with Crippen LogP contribution in [0.2, 0.25) is 0 Å². The van der Waals surface area contributed by atoms with Gasteiger partial charge in [0.2, 0.25) is 0 Å². The SMILES string of the molecule is Cc1oc(C2CC2)nc1C(=O)N[C@H]1CCC[C@H]1Oc1cn[nH]c1. The first kappa shape index (κ1) is 14.3. The highest BCUT2D eigenvalue weighted by Crippen LogP contribution is 2.40. The summed E-state index contributed by atoms with van der Waals surface area (Å²) in [5, 5.41) is 9.66. The van der Waals surface area contributed by atoms with Gasteiger partial charge in [-0.2, -0.15) is 5.10 Å². The van der Waals surface area contributed by atoms with Crippen LogP contribution in [0.25, 0.3) is 0 Å². The predicted octanol–water partition coefficient (Wildman–Crippen LogP) is 2.31. The van der Waals surface area contributed by atoms with Crippen molar-refractivity contribution in [1.29, 1.82) is 0 Å². The number of aromatic nitrogens is 3. The van der Waals surface area contributed by atoms with E-state index in [-0.39, 0.29) is 18.1 Å². The van der Waals surface area contributed by atoms with E-state index in [1.54, 1.807) is 19.3 Å². The number of oxazole rings is 1. The summed E-state index contributed by atoms with van der Waals surface area (Å²) in [6.45, 7) is 1.79. The smallest absolute Gasteiger partial charge is 0.273 e. The third-order valence-electron chi connectivity index (χ3n) is 4.48. The van der Waals surface area contributed by atoms with Gasteiger partial charge >= 0.3 is 0 Å². The van der Waals surface area contributed by atoms with Crippen molar-refractivity contribution in [2.24, 2.45) is 0 Å². The van der Waals surface area contributed by atoms with Gasteiger partial charge in [-0.05, 0) is 39.0 Å². The van der Waals surface area contributed by atoms with E-state index in [1.807, 2.05) is 0 Å². The second-order valence-electron chi connectivity index (χ2n) is 6.33. The van der Waals surface area contributed by atoms with Gasteiger partial charge < -0.3 is 14.5 Å². The maximum atomic E-state index is 12.5. The summed E-state index contributed by atoms with van der Waals surface area (Å²) in [6, 6.07) is -0.0159. The normalized spacial score (nSPS) is 23.9. The first-order valence-electron chi connectivity index (χ1n) is 8.14. The number of carbonyl (C=O) groups excluding carboxylic acids is 1. The number of H-pyrrole nitrogens is 1. The number of amides is 1. The minimum absolute atomic E-state index is 0.0159. The van der Waals surface area contributed by atoms with Gasteiger partial charge in [-0.15, -0.1) is 0 Å². The minimum atomic E-state index is -0.175. The van der Waals surface area contributed by atoms with Crippen molar-refractivity contribution in [1.82, 2.24) is 20.5 Å². The molecule has 2 fully saturated rings. The lowest BCUT2D eigenvalue weighted by Crippen LogP contribution is -2.42. The Bertz CT molecular complexity index is 690. The number of aromatic amines is 1. The van der Waals surface area contributed by atoms with E-state index in [1.165, 1.54) is 0 Å². The quantitative estimate of drug-likeness (QED) is 0.883. The van der Waals surface area contributed by atoms with Gasteiger partial charge in [0.05, 0.1) is 18.4 Å². The van der Waals surface area contributed by atoms with Crippen molar-refractivity contribution in [3.8, 4) is 5.75 Å². The lowest BCUT2D eigenvalue weighted by molar-refractivity contribution is 0.0888. The van der Waals surface area contributed by atoms with Gasteiger partial charge in [-0.3, -0.25) is 9.89 Å². The molecule has 0 aliphatic heterocycles. The Morgan fingerprint density at radius 3 is 3.00 bits per heavy atom. The van der Waals surface area contributed by atoms with Gasteiger partial charge in [0.1, 0.15) is 11.9 Å². The number of ether oxygens (including phenoxy) is 1. The van der Waals surface area contributed by atoms with E-state index in [2.05, 4.69) is 20.5 Å². The molecule has 0 spiro atoms. The molecule has 0 radical (unpaired) electrons. The highest BCUT2D eigenvalue weighted by Gasteiger charge is 2.34. The molecule has 7 nitrogen and oxygen atoms in total. The van der Waals surface area contributed by atoms with Gasteiger partial charge in [0, 0.05) is 5.92 Å². The van der Waals surface area contributed by atoms with E-state index in [9.17, 15) is 4.79 Å². The molecule has 7 heteroatoms. The zero-order valence-corrected chi connectivity index (χ0v) is 13.0. The second-order valence-corrected chi connectivity index (χ2v) is 6.33. The number of nitrogens with one attached hydrogen (secondary N) is 2. The summed E-state index contributed by atoms with van der Waals surface area (Å²) in [4.78, 5) is 16.9. The molecule has 2 aliphatic carbocycles. The predicted molar refractivity (Wildman–Crippen MR) is 81.3 cm³/mol. The number of rotatable bonds is 5. The van der Waals surface area contributed by atoms with Crippen molar-refractivity contribution >= 4 is 5.91 Å². The fourth-order valence-corrected chi connectivity index (χ4v) is 3.08. The number of hydrogen-bond acceptors (Lipinski definition) is 5. The average Bonchev–Trinajstić information content (AvgIpc) is 2.93. The fourth-order valence-electron chi connectivity index (χ4n) is 3.08. The van der Waals surface area contributed by atoms with Crippen LogP contribution in [-0.2, 0) is 0 Å². The van der Waals surface area contributed by atoms with E-state index in [0.717, 1.165) is 32.1 Å². The largest absolute Gasteiger partial charge is 0.485 e. The molecular formula is C16H20N4O3. The number of nitrogens with zero attached hydrogens (tertiary/aromatic N) is 2. The highest BCUT2D eigenvalue weighted by molar-refractivity contribution is 5.93. The third-order valence-corrected chi connectivity index (χ3v) is 4.48. The van der Waals surface area contributed by atoms with Crippen LogP contribution >= 0.6 is 0 Å². The van der Waals surface area contributed by atoms with Crippen LogP contribution in [0.5, 0.6) is 5.75 Å². The molecule has 4 rings (SSSR count). The standard InChI is InChI=1S/C16H20N4O3/c1-9-14(20-16(22-9)10-5-6-10)15(21)19-12-3-2-4-13(12)23-11-7-17-18-8-11/h7-8,10,12-13H,2-6H2,1H3,(H,17,18)(H,19,21)/t12-,13+/m0/s1. The molecule has 2 heterocycles. The Morgan fingerprint density at radius 2 is 2.26 bits per heavy atom. The Hall–Kier alpha value is -2.31. The zero-order valence-electron chi connectivity index (χ0n) is 13.0. The molecule has 23 heavy (non-hydrogen) atoms. The van der Waals surface area contributed by atoms with Gasteiger partial charge in [0.25, 0.3) is 5.91 Å². The van der Waals surface area contributed by atoms with Crippen molar-refractivity contribution in [3.63, 3.8) is 0 Å². The first-order chi connectivity index (χ1) is 11.2. The molecule has 0 unspecified atom stereocenters. The monoisotopic (exact) mass is 316 g/mol. The van der Waals surface area contributed by atoms with E-state index >= 15 is 0 Å². The van der Waals surface area contributed by atoms with Crippen molar-refractivity contribution < 1.29 is 13.9 Å². The van der Waals surface area contributed by atoms with Gasteiger partial charge in [-0.25, -0.2) is 4.98 Å². The van der Waals surface area contributed by atoms with Crippen LogP contribution in [0.1, 0.15) is 60.2 Å². The summed E-state index contributed by atoms with van der Waals surface area (Å²) in [6.07, 6.45) is 8.36. The maximum Gasteiger partial charge on any atom is 0.273 e. The molecule has 122 valence electrons. The Morgan fingerprint density at radius 1 is 1.39 bits per heavy atom. The van der Waals surface area contributed by atoms with Gasteiger partial charge in [-0.1, -0.05) is 0 Å². The molecule has 0 aromatic carbocycles. The fraction of sp³-hybridized carbons (Fsp3) is 0.562. The molecule has 2 aromatic heterocycles. The van der Waals surface area contributed by atoms with Crippen molar-refractivity contribution in [3.05, 3.63) is 29.7 Å². The topological polar surface area (TPSA) is 93.0 Å².